The van der Waals surface area contributed by atoms with E-state index in [1.165, 1.54) is 0 Å². The van der Waals surface area contributed by atoms with E-state index in [0.29, 0.717) is 25.2 Å². The number of benzene rings is 3. The van der Waals surface area contributed by atoms with Gasteiger partial charge in [-0.25, -0.2) is 4.79 Å². The molecule has 3 aromatic rings. The van der Waals surface area contributed by atoms with E-state index < -0.39 is 30.4 Å². The second-order valence-corrected chi connectivity index (χ2v) is 12.2. The van der Waals surface area contributed by atoms with Gasteiger partial charge in [0, 0.05) is 6.04 Å². The molecule has 2 amide bonds. The van der Waals surface area contributed by atoms with Crippen LogP contribution in [0.1, 0.15) is 40.7 Å². The van der Waals surface area contributed by atoms with Gasteiger partial charge >= 0.3 is 6.09 Å². The van der Waals surface area contributed by atoms with Crippen molar-refractivity contribution in [3.05, 3.63) is 101 Å². The molecule has 0 aromatic heterocycles. The van der Waals surface area contributed by atoms with Crippen molar-refractivity contribution in [1.29, 1.82) is 0 Å². The van der Waals surface area contributed by atoms with Gasteiger partial charge in [0.05, 0.1) is 31.3 Å². The standard InChI is InChI=1S/C36H44N2O7/c1-23-16-24(2)34(25(3)17-23)43-22-33(40)37-28(18-26-10-6-4-7-11-26)20-31(39)30(19-27-12-8-5-9-13-27)38-36(41)45-32-21-44-35-29(32)14-15-42-35/h4-13,16-17,28-32,35,39H,14-15,18-22H2,1-3H3,(H,37,40)(H,38,41)/t28-,29-,30-,31-,32-,35+/m0/s1. The second-order valence-electron chi connectivity index (χ2n) is 12.2. The molecule has 2 heterocycles. The summed E-state index contributed by atoms with van der Waals surface area (Å²) in [5, 5.41) is 17.6. The molecule has 0 unspecified atom stereocenters. The number of alkyl carbamates (subject to hydrolysis) is 1. The van der Waals surface area contributed by atoms with Crippen LogP contribution in [0.3, 0.4) is 0 Å². The number of nitrogens with one attached hydrogen (secondary N) is 2. The Bertz CT molecular complexity index is 1390. The molecule has 2 saturated heterocycles. The number of aliphatic hydroxyl groups excluding tert-OH is 1. The molecule has 0 saturated carbocycles. The number of fused-ring (bicyclic) bond motifs is 1. The highest BCUT2D eigenvalue weighted by Gasteiger charge is 2.44. The van der Waals surface area contributed by atoms with Gasteiger partial charge in [-0.2, -0.15) is 0 Å². The summed E-state index contributed by atoms with van der Waals surface area (Å²) in [4.78, 5) is 26.3. The Morgan fingerprint density at radius 2 is 1.56 bits per heavy atom. The van der Waals surface area contributed by atoms with Crippen LogP contribution in [0, 0.1) is 26.7 Å². The second kappa shape index (κ2) is 15.4. The zero-order valence-electron chi connectivity index (χ0n) is 26.2. The van der Waals surface area contributed by atoms with Crippen LogP contribution in [0.2, 0.25) is 0 Å². The van der Waals surface area contributed by atoms with E-state index in [1.54, 1.807) is 0 Å². The predicted molar refractivity (Wildman–Crippen MR) is 170 cm³/mol. The van der Waals surface area contributed by atoms with Gasteiger partial charge < -0.3 is 34.7 Å². The van der Waals surface area contributed by atoms with Crippen molar-refractivity contribution in [3.63, 3.8) is 0 Å². The largest absolute Gasteiger partial charge is 0.483 e. The zero-order chi connectivity index (χ0) is 31.8. The molecule has 9 heteroatoms. The number of hydrogen-bond donors (Lipinski definition) is 3. The predicted octanol–water partition coefficient (Wildman–Crippen LogP) is 4.57. The molecule has 0 radical (unpaired) electrons. The van der Waals surface area contributed by atoms with Crippen LogP contribution < -0.4 is 15.4 Å². The zero-order valence-corrected chi connectivity index (χ0v) is 26.2. The molecular formula is C36H44N2O7. The molecule has 9 nitrogen and oxygen atoms in total. The maximum absolute atomic E-state index is 13.2. The molecule has 45 heavy (non-hydrogen) atoms. The van der Waals surface area contributed by atoms with Gasteiger partial charge in [0.25, 0.3) is 5.91 Å². The van der Waals surface area contributed by atoms with E-state index in [-0.39, 0.29) is 37.7 Å². The lowest BCUT2D eigenvalue weighted by Crippen LogP contribution is -2.50. The third-order valence-electron chi connectivity index (χ3n) is 8.48. The Balaban J connectivity index is 1.26. The molecule has 5 rings (SSSR count). The van der Waals surface area contributed by atoms with E-state index in [9.17, 15) is 14.7 Å². The maximum Gasteiger partial charge on any atom is 0.407 e. The van der Waals surface area contributed by atoms with Crippen molar-refractivity contribution in [2.24, 2.45) is 5.92 Å². The first kappa shape index (κ1) is 32.5. The average Bonchev–Trinajstić information content (AvgIpc) is 3.62. The fraction of sp³-hybridized carbons (Fsp3) is 0.444. The van der Waals surface area contributed by atoms with Crippen LogP contribution >= 0.6 is 0 Å². The van der Waals surface area contributed by atoms with Crippen LogP contribution in [-0.4, -0.2) is 67.5 Å². The Morgan fingerprint density at radius 1 is 0.911 bits per heavy atom. The summed E-state index contributed by atoms with van der Waals surface area (Å²) in [7, 11) is 0. The summed E-state index contributed by atoms with van der Waals surface area (Å²) in [5.41, 5.74) is 5.05. The maximum atomic E-state index is 13.2. The SMILES string of the molecule is Cc1cc(C)c(OCC(=O)N[C@@H](Cc2ccccc2)C[C@H](O)[C@H](Cc2ccccc2)NC(=O)O[C@H]2CO[C@H]3OCC[C@H]32)c(C)c1. The lowest BCUT2D eigenvalue weighted by Gasteiger charge is -2.29. The van der Waals surface area contributed by atoms with Gasteiger partial charge in [-0.05, 0) is 68.7 Å². The summed E-state index contributed by atoms with van der Waals surface area (Å²) in [6.07, 6.45) is -0.491. The van der Waals surface area contributed by atoms with Crippen molar-refractivity contribution in [2.75, 3.05) is 19.8 Å². The van der Waals surface area contributed by atoms with Crippen molar-refractivity contribution in [3.8, 4) is 5.75 Å². The smallest absolute Gasteiger partial charge is 0.407 e. The van der Waals surface area contributed by atoms with E-state index in [4.69, 9.17) is 18.9 Å². The normalized spacial score (nSPS) is 20.9. The number of aliphatic hydroxyl groups is 1. The van der Waals surface area contributed by atoms with Gasteiger partial charge in [0.2, 0.25) is 0 Å². The van der Waals surface area contributed by atoms with Crippen molar-refractivity contribution >= 4 is 12.0 Å². The summed E-state index contributed by atoms with van der Waals surface area (Å²) < 4.78 is 22.9. The lowest BCUT2D eigenvalue weighted by molar-refractivity contribution is -0.124. The third-order valence-corrected chi connectivity index (χ3v) is 8.48. The number of ether oxygens (including phenoxy) is 4. The third kappa shape index (κ3) is 9.06. The van der Waals surface area contributed by atoms with E-state index in [2.05, 4.69) is 10.6 Å². The van der Waals surface area contributed by atoms with Crippen molar-refractivity contribution in [2.45, 2.75) is 77.0 Å². The monoisotopic (exact) mass is 616 g/mol. The highest BCUT2D eigenvalue weighted by atomic mass is 16.7. The lowest BCUT2D eigenvalue weighted by atomic mass is 9.93. The minimum absolute atomic E-state index is 0.00779. The van der Waals surface area contributed by atoms with E-state index >= 15 is 0 Å². The Kier molecular flexibility index (Phi) is 11.1. The van der Waals surface area contributed by atoms with Crippen LogP contribution in [0.5, 0.6) is 5.75 Å². The molecule has 0 aliphatic carbocycles. The van der Waals surface area contributed by atoms with E-state index in [1.807, 2.05) is 93.6 Å². The Hall–Kier alpha value is -3.92. The van der Waals surface area contributed by atoms with Gasteiger partial charge in [0.15, 0.2) is 12.9 Å². The molecule has 2 aliphatic rings. The van der Waals surface area contributed by atoms with E-state index in [0.717, 1.165) is 34.2 Å². The van der Waals surface area contributed by atoms with Crippen molar-refractivity contribution in [1.82, 2.24) is 10.6 Å². The first-order valence-electron chi connectivity index (χ1n) is 15.7. The first-order valence-corrected chi connectivity index (χ1v) is 15.7. The highest BCUT2D eigenvalue weighted by molar-refractivity contribution is 5.78. The van der Waals surface area contributed by atoms with Crippen LogP contribution in [-0.2, 0) is 31.8 Å². The van der Waals surface area contributed by atoms with Gasteiger partial charge in [-0.3, -0.25) is 4.79 Å². The molecule has 6 atom stereocenters. The fourth-order valence-electron chi connectivity index (χ4n) is 6.37. The first-order chi connectivity index (χ1) is 21.7. The van der Waals surface area contributed by atoms with Crippen molar-refractivity contribution < 1.29 is 33.6 Å². The molecule has 2 fully saturated rings. The van der Waals surface area contributed by atoms with Crippen LogP contribution in [0.25, 0.3) is 0 Å². The molecule has 2 aliphatic heterocycles. The summed E-state index contributed by atoms with van der Waals surface area (Å²) >= 11 is 0. The quantitative estimate of drug-likeness (QED) is 0.258. The molecule has 0 spiro atoms. The van der Waals surface area contributed by atoms with Gasteiger partial charge in [-0.15, -0.1) is 0 Å². The summed E-state index contributed by atoms with van der Waals surface area (Å²) in [6, 6.07) is 22.4. The molecule has 3 aromatic carbocycles. The van der Waals surface area contributed by atoms with Crippen LogP contribution in [0.4, 0.5) is 4.79 Å². The topological polar surface area (TPSA) is 115 Å². The Labute approximate surface area is 265 Å². The molecule has 240 valence electrons. The summed E-state index contributed by atoms with van der Waals surface area (Å²) in [5.74, 6) is 0.418. The summed E-state index contributed by atoms with van der Waals surface area (Å²) in [6.45, 7) is 6.66. The fourth-order valence-corrected chi connectivity index (χ4v) is 6.37. The average molecular weight is 617 g/mol. The number of rotatable bonds is 13. The molecule has 3 N–H and O–H groups in total. The molecule has 0 bridgehead atoms. The van der Waals surface area contributed by atoms with Gasteiger partial charge in [0.1, 0.15) is 11.9 Å². The number of amides is 2. The minimum Gasteiger partial charge on any atom is -0.483 e. The van der Waals surface area contributed by atoms with Crippen LogP contribution in [0.15, 0.2) is 72.8 Å². The highest BCUT2D eigenvalue weighted by Crippen LogP contribution is 2.33. The number of hydrogen-bond acceptors (Lipinski definition) is 7. The Morgan fingerprint density at radius 3 is 2.22 bits per heavy atom. The van der Waals surface area contributed by atoms with Gasteiger partial charge in [-0.1, -0.05) is 78.4 Å². The number of carbonyl (C=O) groups excluding carboxylic acids is 2. The number of aryl methyl sites for hydroxylation is 3. The minimum atomic E-state index is -0.989. The number of carbonyl (C=O) groups is 2. The molecular weight excluding hydrogens is 572 g/mol.